The molecule has 0 aliphatic heterocycles. The molecule has 1 amide bonds. The summed E-state index contributed by atoms with van der Waals surface area (Å²) in [5, 5.41) is 5.39. The normalized spacial score (nSPS) is 11.0. The number of rotatable bonds is 11. The minimum Gasteiger partial charge on any atom is -0.334 e. The largest absolute Gasteiger partial charge is 0.334 e. The third-order valence-electron chi connectivity index (χ3n) is 5.59. The number of amides is 1. The maximum Gasteiger partial charge on any atom is 0.312 e. The Hall–Kier alpha value is -2.79. The van der Waals surface area contributed by atoms with Crippen molar-refractivity contribution >= 4 is 43.5 Å². The van der Waals surface area contributed by atoms with Crippen LogP contribution in [0.5, 0.6) is 0 Å². The fourth-order valence-electron chi connectivity index (χ4n) is 3.89. The highest BCUT2D eigenvalue weighted by Gasteiger charge is 2.18. The summed E-state index contributed by atoms with van der Waals surface area (Å²) in [4.78, 5) is 13.7. The zero-order valence-corrected chi connectivity index (χ0v) is 20.4. The van der Waals surface area contributed by atoms with E-state index in [4.69, 9.17) is 0 Å². The summed E-state index contributed by atoms with van der Waals surface area (Å²) in [6, 6.07) is 42.7. The monoisotopic (exact) mass is 468 g/mol. The molecule has 0 fully saturated rings. The highest BCUT2D eigenvalue weighted by atomic mass is 31.1. The van der Waals surface area contributed by atoms with Crippen LogP contribution in [0.25, 0.3) is 0 Å². The Labute approximate surface area is 199 Å². The quantitative estimate of drug-likeness (QED) is 0.232. The van der Waals surface area contributed by atoms with Crippen molar-refractivity contribution in [1.29, 1.82) is 0 Å². The van der Waals surface area contributed by atoms with Gasteiger partial charge >= 0.3 is 6.41 Å². The van der Waals surface area contributed by atoms with E-state index in [1.54, 1.807) is 0 Å². The molecule has 1 radical (unpaired) electrons. The second-order valence-corrected chi connectivity index (χ2v) is 12.4. The van der Waals surface area contributed by atoms with Gasteiger partial charge in [-0.3, -0.25) is 4.79 Å². The van der Waals surface area contributed by atoms with Gasteiger partial charge in [0, 0.05) is 13.1 Å². The molecule has 0 spiro atoms. The molecule has 33 heavy (non-hydrogen) atoms. The van der Waals surface area contributed by atoms with Crippen LogP contribution in [0.2, 0.25) is 0 Å². The Bertz CT molecular complexity index is 926. The van der Waals surface area contributed by atoms with Crippen LogP contribution in [0.1, 0.15) is 0 Å². The molecule has 0 aliphatic rings. The van der Waals surface area contributed by atoms with Gasteiger partial charge in [-0.15, -0.1) is 0 Å². The molecule has 0 aromatic heterocycles. The molecule has 0 bridgehead atoms. The second kappa shape index (κ2) is 12.4. The lowest BCUT2D eigenvalue weighted by atomic mass is 10.4. The van der Waals surface area contributed by atoms with E-state index in [2.05, 4.69) is 128 Å². The number of hydrogen-bond donors (Lipinski definition) is 0. The second-order valence-electron chi connectivity index (χ2n) is 7.72. The summed E-state index contributed by atoms with van der Waals surface area (Å²) in [5.74, 6) is 0. The minimum absolute atomic E-state index is 0.518. The Balaban J connectivity index is 1.46. The summed E-state index contributed by atoms with van der Waals surface area (Å²) in [5.41, 5.74) is 0. The third-order valence-corrected chi connectivity index (χ3v) is 10.6. The molecular formula is C29H28NOP2. The Morgan fingerprint density at radius 1 is 0.485 bits per heavy atom. The van der Waals surface area contributed by atoms with Crippen LogP contribution in [0.4, 0.5) is 0 Å². The average molecular weight is 468 g/mol. The molecule has 4 aromatic rings. The first-order valence-electron chi connectivity index (χ1n) is 11.2. The third kappa shape index (κ3) is 6.61. The van der Waals surface area contributed by atoms with E-state index < -0.39 is 15.8 Å². The average Bonchev–Trinajstić information content (AvgIpc) is 2.90. The van der Waals surface area contributed by atoms with E-state index in [0.717, 1.165) is 12.3 Å². The van der Waals surface area contributed by atoms with E-state index in [1.807, 2.05) is 4.90 Å². The highest BCUT2D eigenvalue weighted by Crippen LogP contribution is 2.35. The van der Waals surface area contributed by atoms with Crippen LogP contribution in [-0.2, 0) is 4.79 Å². The smallest absolute Gasteiger partial charge is 0.312 e. The van der Waals surface area contributed by atoms with E-state index in [-0.39, 0.29) is 0 Å². The molecule has 165 valence electrons. The van der Waals surface area contributed by atoms with Gasteiger partial charge in [0.05, 0.1) is 0 Å². The molecular weight excluding hydrogens is 440 g/mol. The van der Waals surface area contributed by atoms with Gasteiger partial charge in [0.25, 0.3) is 0 Å². The van der Waals surface area contributed by atoms with Crippen LogP contribution in [0, 0.1) is 0 Å². The maximum absolute atomic E-state index is 11.9. The van der Waals surface area contributed by atoms with E-state index in [0.29, 0.717) is 13.1 Å². The lowest BCUT2D eigenvalue weighted by Gasteiger charge is -2.25. The van der Waals surface area contributed by atoms with Crippen molar-refractivity contribution in [2.24, 2.45) is 0 Å². The first kappa shape index (κ1) is 23.4. The Morgan fingerprint density at radius 3 is 1.00 bits per heavy atom. The maximum atomic E-state index is 11.9. The van der Waals surface area contributed by atoms with E-state index >= 15 is 0 Å². The molecule has 0 unspecified atom stereocenters. The fraction of sp³-hybridized carbons (Fsp3) is 0.138. The van der Waals surface area contributed by atoms with Gasteiger partial charge in [0.15, 0.2) is 0 Å². The number of carbonyl (C=O) groups excluding carboxylic acids is 1. The predicted molar refractivity (Wildman–Crippen MR) is 145 cm³/mol. The molecule has 0 atom stereocenters. The zero-order valence-electron chi connectivity index (χ0n) is 18.6. The first-order valence-corrected chi connectivity index (χ1v) is 14.3. The predicted octanol–water partition coefficient (Wildman–Crippen LogP) is 4.62. The van der Waals surface area contributed by atoms with Crippen molar-refractivity contribution in [2.75, 3.05) is 25.4 Å². The van der Waals surface area contributed by atoms with Gasteiger partial charge in [-0.05, 0) is 49.4 Å². The van der Waals surface area contributed by atoms with Crippen molar-refractivity contribution in [3.63, 3.8) is 0 Å². The minimum atomic E-state index is -0.518. The first-order chi connectivity index (χ1) is 16.3. The summed E-state index contributed by atoms with van der Waals surface area (Å²) in [6.07, 6.45) is 4.10. The van der Waals surface area contributed by atoms with Gasteiger partial charge in [-0.25, -0.2) is 0 Å². The van der Waals surface area contributed by atoms with Crippen molar-refractivity contribution in [3.8, 4) is 0 Å². The number of hydrogen-bond acceptors (Lipinski definition) is 1. The molecule has 2 nitrogen and oxygen atoms in total. The van der Waals surface area contributed by atoms with Gasteiger partial charge in [0.2, 0.25) is 0 Å². The van der Waals surface area contributed by atoms with Gasteiger partial charge in [-0.2, -0.15) is 0 Å². The van der Waals surface area contributed by atoms with Crippen molar-refractivity contribution in [2.45, 2.75) is 0 Å². The Morgan fingerprint density at radius 2 is 0.758 bits per heavy atom. The van der Waals surface area contributed by atoms with Crippen molar-refractivity contribution in [3.05, 3.63) is 121 Å². The van der Waals surface area contributed by atoms with Crippen LogP contribution < -0.4 is 21.2 Å². The molecule has 0 heterocycles. The molecule has 4 aromatic carbocycles. The van der Waals surface area contributed by atoms with Crippen LogP contribution in [0.3, 0.4) is 0 Å². The van der Waals surface area contributed by atoms with E-state index in [9.17, 15) is 4.79 Å². The van der Waals surface area contributed by atoms with E-state index in [1.165, 1.54) is 21.2 Å². The summed E-state index contributed by atoms with van der Waals surface area (Å²) in [6.45, 7) is 1.43. The van der Waals surface area contributed by atoms with Crippen LogP contribution in [0.15, 0.2) is 121 Å². The Kier molecular flexibility index (Phi) is 8.82. The van der Waals surface area contributed by atoms with Crippen molar-refractivity contribution in [1.82, 2.24) is 4.90 Å². The lowest BCUT2D eigenvalue weighted by Crippen LogP contribution is -2.31. The van der Waals surface area contributed by atoms with Crippen molar-refractivity contribution < 1.29 is 4.79 Å². The molecule has 0 saturated carbocycles. The van der Waals surface area contributed by atoms with Gasteiger partial charge in [0.1, 0.15) is 0 Å². The molecule has 0 saturated heterocycles. The number of nitrogens with zero attached hydrogens (tertiary/aromatic N) is 1. The number of benzene rings is 4. The summed E-state index contributed by atoms with van der Waals surface area (Å²) < 4.78 is 0. The SMILES string of the molecule is O=[C]N(CCP(c1ccccc1)c1ccccc1)CCP(c1ccccc1)c1ccccc1. The standard InChI is InChI=1S/C29H28NOP2/c31-25-30(21-23-32(26-13-5-1-6-14-26)27-15-7-2-8-16-27)22-24-33(28-17-9-3-10-18-28)29-19-11-4-12-20-29/h1-20H,21-24H2. The molecule has 4 rings (SSSR count). The van der Waals surface area contributed by atoms with Gasteiger partial charge < -0.3 is 4.90 Å². The van der Waals surface area contributed by atoms with Gasteiger partial charge in [-0.1, -0.05) is 121 Å². The molecule has 0 N–H and O–H groups in total. The molecule has 4 heteroatoms. The fourth-order valence-corrected chi connectivity index (χ4v) is 8.53. The zero-order chi connectivity index (χ0) is 22.7. The summed E-state index contributed by atoms with van der Waals surface area (Å²) in [7, 11) is -1.04. The summed E-state index contributed by atoms with van der Waals surface area (Å²) >= 11 is 0. The topological polar surface area (TPSA) is 20.3 Å². The van der Waals surface area contributed by atoms with Crippen LogP contribution in [-0.4, -0.2) is 36.7 Å². The highest BCUT2D eigenvalue weighted by molar-refractivity contribution is 7.73. The molecule has 0 aliphatic carbocycles. The van der Waals surface area contributed by atoms with Crippen LogP contribution >= 0.6 is 15.8 Å². The lowest BCUT2D eigenvalue weighted by molar-refractivity contribution is 0.414.